The van der Waals surface area contributed by atoms with Crippen LogP contribution in [0.1, 0.15) is 26.2 Å². The van der Waals surface area contributed by atoms with Gasteiger partial charge in [-0.05, 0) is 19.3 Å². The minimum Gasteiger partial charge on any atom is -0.463 e. The molecular weight excluding hydrogens is 262 g/mol. The molecule has 0 atom stereocenters. The molecule has 1 aromatic heterocycles. The van der Waals surface area contributed by atoms with E-state index in [2.05, 4.69) is 31.0 Å². The Bertz CT molecular complexity index is 464. The summed E-state index contributed by atoms with van der Waals surface area (Å²) in [6.07, 6.45) is 2.94. The lowest BCUT2D eigenvalue weighted by Crippen LogP contribution is -2.31. The molecule has 0 radical (unpaired) electrons. The summed E-state index contributed by atoms with van der Waals surface area (Å²) in [4.78, 5) is 23.6. The first kappa shape index (κ1) is 14.3. The number of nitrogen functional groups attached to an aromatic ring is 1. The van der Waals surface area contributed by atoms with E-state index in [-0.39, 0.29) is 30.4 Å². The Kier molecular flexibility index (Phi) is 4.88. The molecule has 1 aromatic rings. The number of carbonyl (C=O) groups is 1. The predicted molar refractivity (Wildman–Crippen MR) is 73.1 cm³/mol. The zero-order valence-electron chi connectivity index (χ0n) is 11.3. The highest BCUT2D eigenvalue weighted by Gasteiger charge is 2.23. The van der Waals surface area contributed by atoms with Gasteiger partial charge < -0.3 is 15.4 Å². The van der Waals surface area contributed by atoms with Crippen molar-refractivity contribution in [2.45, 2.75) is 32.2 Å². The van der Waals surface area contributed by atoms with Gasteiger partial charge in [0.15, 0.2) is 0 Å². The average Bonchev–Trinajstić information content (AvgIpc) is 3.26. The van der Waals surface area contributed by atoms with Crippen LogP contribution in [0.3, 0.4) is 0 Å². The number of aromatic nitrogens is 3. The van der Waals surface area contributed by atoms with Gasteiger partial charge in [-0.1, -0.05) is 6.92 Å². The molecule has 110 valence electrons. The molecule has 9 nitrogen and oxygen atoms in total. The largest absolute Gasteiger partial charge is 0.463 e. The van der Waals surface area contributed by atoms with E-state index in [9.17, 15) is 4.79 Å². The van der Waals surface area contributed by atoms with Crippen molar-refractivity contribution in [2.75, 3.05) is 23.9 Å². The molecule has 0 bridgehead atoms. The lowest BCUT2D eigenvalue weighted by atomic mass is 10.5. The van der Waals surface area contributed by atoms with Gasteiger partial charge in [-0.25, -0.2) is 5.84 Å². The molecular formula is C11H19N7O2. The van der Waals surface area contributed by atoms with Crippen LogP contribution in [0.2, 0.25) is 0 Å². The van der Waals surface area contributed by atoms with Gasteiger partial charge in [0, 0.05) is 6.04 Å². The minimum atomic E-state index is -0.0915. The maximum atomic E-state index is 11.6. The summed E-state index contributed by atoms with van der Waals surface area (Å²) in [5.41, 5.74) is 2.33. The quantitative estimate of drug-likeness (QED) is 0.375. The van der Waals surface area contributed by atoms with Crippen LogP contribution in [0.15, 0.2) is 0 Å². The third-order valence-electron chi connectivity index (χ3n) is 2.53. The number of nitrogens with zero attached hydrogens (tertiary/aromatic N) is 3. The van der Waals surface area contributed by atoms with E-state index in [1.54, 1.807) is 0 Å². The van der Waals surface area contributed by atoms with Gasteiger partial charge in [0.25, 0.3) is 0 Å². The monoisotopic (exact) mass is 281 g/mol. The molecule has 1 aliphatic rings. The highest BCUT2D eigenvalue weighted by molar-refractivity contribution is 5.80. The number of nitrogens with two attached hydrogens (primary N) is 1. The molecule has 1 saturated carbocycles. The lowest BCUT2D eigenvalue weighted by molar-refractivity contribution is -0.119. The Labute approximate surface area is 116 Å². The standard InChI is InChI=1S/C11H19N7O2/c1-2-5-20-11-16-9(15-10(17-11)18-12)13-6-8(19)14-7-3-4-7/h7H,2-6,12H2,1H3,(H,14,19)(H2,13,15,16,17,18). The van der Waals surface area contributed by atoms with Crippen LogP contribution in [-0.2, 0) is 4.79 Å². The van der Waals surface area contributed by atoms with Gasteiger partial charge in [0.2, 0.25) is 17.8 Å². The second kappa shape index (κ2) is 6.85. The van der Waals surface area contributed by atoms with E-state index in [4.69, 9.17) is 10.6 Å². The van der Waals surface area contributed by atoms with Crippen LogP contribution < -0.4 is 26.6 Å². The minimum absolute atomic E-state index is 0.0915. The number of hydrogen-bond donors (Lipinski definition) is 4. The normalized spacial score (nSPS) is 13.7. The Balaban J connectivity index is 1.92. The fourth-order valence-corrected chi connectivity index (χ4v) is 1.42. The van der Waals surface area contributed by atoms with Crippen molar-refractivity contribution in [1.29, 1.82) is 0 Å². The molecule has 20 heavy (non-hydrogen) atoms. The summed E-state index contributed by atoms with van der Waals surface area (Å²) < 4.78 is 5.32. The Hall–Kier alpha value is -2.16. The number of amides is 1. The van der Waals surface area contributed by atoms with Gasteiger partial charge in [-0.15, -0.1) is 0 Å². The zero-order chi connectivity index (χ0) is 14.4. The van der Waals surface area contributed by atoms with Gasteiger partial charge >= 0.3 is 6.01 Å². The fraction of sp³-hybridized carbons (Fsp3) is 0.636. The number of nitrogens with one attached hydrogen (secondary N) is 3. The number of rotatable bonds is 8. The SMILES string of the molecule is CCCOc1nc(NN)nc(NCC(=O)NC2CC2)n1. The first-order valence-corrected chi connectivity index (χ1v) is 6.60. The lowest BCUT2D eigenvalue weighted by Gasteiger charge is -2.09. The van der Waals surface area contributed by atoms with Gasteiger partial charge in [0.05, 0.1) is 13.2 Å². The fourth-order valence-electron chi connectivity index (χ4n) is 1.42. The van der Waals surface area contributed by atoms with E-state index >= 15 is 0 Å². The van der Waals surface area contributed by atoms with Crippen molar-refractivity contribution in [3.05, 3.63) is 0 Å². The van der Waals surface area contributed by atoms with Crippen molar-refractivity contribution in [1.82, 2.24) is 20.3 Å². The smallest absolute Gasteiger partial charge is 0.323 e. The number of hydrogen-bond acceptors (Lipinski definition) is 8. The number of carbonyl (C=O) groups excluding carboxylic acids is 1. The van der Waals surface area contributed by atoms with E-state index in [1.165, 1.54) is 0 Å². The molecule has 2 rings (SSSR count). The Morgan fingerprint density at radius 3 is 2.75 bits per heavy atom. The molecule has 1 aliphatic carbocycles. The molecule has 0 unspecified atom stereocenters. The maximum absolute atomic E-state index is 11.6. The molecule has 0 aliphatic heterocycles. The molecule has 1 heterocycles. The topological polar surface area (TPSA) is 127 Å². The van der Waals surface area contributed by atoms with Crippen LogP contribution >= 0.6 is 0 Å². The molecule has 0 spiro atoms. The van der Waals surface area contributed by atoms with Gasteiger partial charge in [-0.2, -0.15) is 15.0 Å². The highest BCUT2D eigenvalue weighted by atomic mass is 16.5. The van der Waals surface area contributed by atoms with E-state index in [1.807, 2.05) is 6.92 Å². The van der Waals surface area contributed by atoms with Crippen LogP contribution in [0.4, 0.5) is 11.9 Å². The van der Waals surface area contributed by atoms with Crippen molar-refractivity contribution >= 4 is 17.8 Å². The predicted octanol–water partition coefficient (Wildman–Crippen LogP) is -0.363. The third kappa shape index (κ3) is 4.50. The van der Waals surface area contributed by atoms with E-state index in [0.29, 0.717) is 12.6 Å². The molecule has 1 fully saturated rings. The summed E-state index contributed by atoms with van der Waals surface area (Å²) in [6, 6.07) is 0.493. The second-order valence-corrected chi connectivity index (χ2v) is 4.45. The number of anilines is 2. The van der Waals surface area contributed by atoms with E-state index < -0.39 is 0 Å². The summed E-state index contributed by atoms with van der Waals surface area (Å²) in [5.74, 6) is 5.61. The molecule has 0 saturated heterocycles. The second-order valence-electron chi connectivity index (χ2n) is 4.45. The zero-order valence-corrected chi connectivity index (χ0v) is 11.3. The van der Waals surface area contributed by atoms with Crippen LogP contribution in [0, 0.1) is 0 Å². The highest BCUT2D eigenvalue weighted by Crippen LogP contribution is 2.18. The third-order valence-corrected chi connectivity index (χ3v) is 2.53. The number of hydrazine groups is 1. The molecule has 9 heteroatoms. The Morgan fingerprint density at radius 1 is 1.35 bits per heavy atom. The van der Waals surface area contributed by atoms with Gasteiger partial charge in [0.1, 0.15) is 0 Å². The summed E-state index contributed by atoms with van der Waals surface area (Å²) in [7, 11) is 0. The van der Waals surface area contributed by atoms with E-state index in [0.717, 1.165) is 19.3 Å². The Morgan fingerprint density at radius 2 is 2.10 bits per heavy atom. The van der Waals surface area contributed by atoms with Crippen molar-refractivity contribution in [3.63, 3.8) is 0 Å². The first-order chi connectivity index (χ1) is 9.71. The van der Waals surface area contributed by atoms with Crippen LogP contribution in [-0.4, -0.2) is 40.1 Å². The summed E-state index contributed by atoms with van der Waals surface area (Å²) >= 11 is 0. The van der Waals surface area contributed by atoms with Crippen LogP contribution in [0.5, 0.6) is 6.01 Å². The van der Waals surface area contributed by atoms with Crippen molar-refractivity contribution in [3.8, 4) is 6.01 Å². The number of ether oxygens (including phenoxy) is 1. The maximum Gasteiger partial charge on any atom is 0.323 e. The average molecular weight is 281 g/mol. The van der Waals surface area contributed by atoms with Crippen LogP contribution in [0.25, 0.3) is 0 Å². The summed E-state index contributed by atoms with van der Waals surface area (Å²) in [6.45, 7) is 2.57. The molecule has 5 N–H and O–H groups in total. The first-order valence-electron chi connectivity index (χ1n) is 6.60. The van der Waals surface area contributed by atoms with Crippen molar-refractivity contribution < 1.29 is 9.53 Å². The molecule has 0 aromatic carbocycles. The molecule has 1 amide bonds. The van der Waals surface area contributed by atoms with Crippen molar-refractivity contribution in [2.24, 2.45) is 5.84 Å². The van der Waals surface area contributed by atoms with Gasteiger partial charge in [-0.3, -0.25) is 10.2 Å². The summed E-state index contributed by atoms with van der Waals surface area (Å²) in [5, 5.41) is 5.68.